The van der Waals surface area contributed by atoms with E-state index in [2.05, 4.69) is 15.6 Å². The van der Waals surface area contributed by atoms with E-state index in [0.29, 0.717) is 5.88 Å². The van der Waals surface area contributed by atoms with Crippen LogP contribution in [0.15, 0.2) is 18.3 Å². The molecule has 0 atom stereocenters. The number of pyridine rings is 1. The first-order chi connectivity index (χ1) is 7.80. The van der Waals surface area contributed by atoms with Crippen molar-refractivity contribution in [2.75, 3.05) is 13.1 Å². The molecule has 3 rings (SSSR count). The number of hydrogen-bond acceptors (Lipinski definition) is 4. The van der Waals surface area contributed by atoms with E-state index in [9.17, 15) is 4.79 Å². The SMILES string of the molecule is Cl.O=C1NC2(CCNCC2)c2cccnc2O1. The molecule has 3 heterocycles. The Kier molecular flexibility index (Phi) is 3.22. The summed E-state index contributed by atoms with van der Waals surface area (Å²) >= 11 is 0. The molecule has 0 aromatic carbocycles. The van der Waals surface area contributed by atoms with Crippen molar-refractivity contribution in [1.82, 2.24) is 15.6 Å². The number of carbonyl (C=O) groups is 1. The highest BCUT2D eigenvalue weighted by Gasteiger charge is 2.42. The molecule has 1 spiro atoms. The first-order valence-corrected chi connectivity index (χ1v) is 5.46. The van der Waals surface area contributed by atoms with Crippen LogP contribution in [0.4, 0.5) is 4.79 Å². The van der Waals surface area contributed by atoms with Crippen molar-refractivity contribution in [3.8, 4) is 5.88 Å². The van der Waals surface area contributed by atoms with Gasteiger partial charge in [-0.2, -0.15) is 0 Å². The average molecular weight is 256 g/mol. The van der Waals surface area contributed by atoms with E-state index < -0.39 is 6.09 Å². The Labute approximate surface area is 105 Å². The summed E-state index contributed by atoms with van der Waals surface area (Å²) in [5, 5.41) is 6.24. The van der Waals surface area contributed by atoms with Gasteiger partial charge in [0.25, 0.3) is 0 Å². The second-order valence-corrected chi connectivity index (χ2v) is 4.20. The number of fused-ring (bicyclic) bond motifs is 2. The number of halogens is 1. The quantitative estimate of drug-likeness (QED) is 0.731. The van der Waals surface area contributed by atoms with Crippen LogP contribution in [0.1, 0.15) is 18.4 Å². The molecule has 1 aromatic heterocycles. The molecule has 2 aliphatic rings. The molecule has 0 saturated carbocycles. The van der Waals surface area contributed by atoms with Crippen molar-refractivity contribution >= 4 is 18.5 Å². The third-order valence-electron chi connectivity index (χ3n) is 3.27. The maximum Gasteiger partial charge on any atom is 0.414 e. The van der Waals surface area contributed by atoms with E-state index in [-0.39, 0.29) is 17.9 Å². The van der Waals surface area contributed by atoms with Gasteiger partial charge in [0.15, 0.2) is 0 Å². The lowest BCUT2D eigenvalue weighted by molar-refractivity contribution is 0.151. The maximum absolute atomic E-state index is 11.5. The summed E-state index contributed by atoms with van der Waals surface area (Å²) in [5.41, 5.74) is 0.709. The van der Waals surface area contributed by atoms with Crippen LogP contribution >= 0.6 is 12.4 Å². The number of aromatic nitrogens is 1. The summed E-state index contributed by atoms with van der Waals surface area (Å²) in [4.78, 5) is 15.6. The number of piperidine rings is 1. The molecule has 1 aromatic rings. The van der Waals surface area contributed by atoms with Crippen molar-refractivity contribution < 1.29 is 9.53 Å². The minimum Gasteiger partial charge on any atom is -0.391 e. The molecule has 0 aliphatic carbocycles. The molecule has 1 amide bonds. The third-order valence-corrected chi connectivity index (χ3v) is 3.27. The number of ether oxygens (including phenoxy) is 1. The van der Waals surface area contributed by atoms with Crippen LogP contribution in [-0.2, 0) is 5.54 Å². The minimum absolute atomic E-state index is 0. The number of hydrogen-bond donors (Lipinski definition) is 2. The Bertz CT molecular complexity index is 432. The molecular formula is C11H14ClN3O2. The Morgan fingerprint density at radius 3 is 2.88 bits per heavy atom. The molecule has 0 unspecified atom stereocenters. The summed E-state index contributed by atoms with van der Waals surface area (Å²) in [6, 6.07) is 3.86. The first kappa shape index (κ1) is 12.1. The van der Waals surface area contributed by atoms with Crippen molar-refractivity contribution in [3.05, 3.63) is 23.9 Å². The first-order valence-electron chi connectivity index (χ1n) is 5.46. The van der Waals surface area contributed by atoms with Crippen LogP contribution in [0, 0.1) is 0 Å². The summed E-state index contributed by atoms with van der Waals surface area (Å²) < 4.78 is 5.08. The highest BCUT2D eigenvalue weighted by Crippen LogP contribution is 2.38. The van der Waals surface area contributed by atoms with Gasteiger partial charge in [-0.05, 0) is 38.1 Å². The largest absolute Gasteiger partial charge is 0.414 e. The highest BCUT2D eigenvalue weighted by molar-refractivity contribution is 5.85. The molecule has 92 valence electrons. The molecular weight excluding hydrogens is 242 g/mol. The fourth-order valence-corrected chi connectivity index (χ4v) is 2.46. The van der Waals surface area contributed by atoms with Gasteiger partial charge in [-0.1, -0.05) is 0 Å². The normalized spacial score (nSPS) is 20.8. The Balaban J connectivity index is 0.00000108. The van der Waals surface area contributed by atoms with E-state index in [1.165, 1.54) is 0 Å². The van der Waals surface area contributed by atoms with Crippen molar-refractivity contribution in [3.63, 3.8) is 0 Å². The number of carbonyl (C=O) groups excluding carboxylic acids is 1. The molecule has 5 nitrogen and oxygen atoms in total. The molecule has 1 saturated heterocycles. The molecule has 2 N–H and O–H groups in total. The molecule has 17 heavy (non-hydrogen) atoms. The van der Waals surface area contributed by atoms with Crippen LogP contribution in [0.5, 0.6) is 5.88 Å². The summed E-state index contributed by atoms with van der Waals surface area (Å²) in [6.45, 7) is 1.79. The van der Waals surface area contributed by atoms with Gasteiger partial charge >= 0.3 is 6.09 Å². The van der Waals surface area contributed by atoms with Gasteiger partial charge in [0.1, 0.15) is 0 Å². The molecule has 0 radical (unpaired) electrons. The highest BCUT2D eigenvalue weighted by atomic mass is 35.5. The van der Waals surface area contributed by atoms with Gasteiger partial charge in [-0.25, -0.2) is 9.78 Å². The summed E-state index contributed by atoms with van der Waals surface area (Å²) in [5.74, 6) is 0.452. The fraction of sp³-hybridized carbons (Fsp3) is 0.455. The molecule has 1 fully saturated rings. The van der Waals surface area contributed by atoms with E-state index >= 15 is 0 Å². The van der Waals surface area contributed by atoms with Gasteiger partial charge in [-0.3, -0.25) is 0 Å². The zero-order chi connectivity index (χ0) is 11.0. The predicted molar refractivity (Wildman–Crippen MR) is 64.4 cm³/mol. The van der Waals surface area contributed by atoms with E-state index in [4.69, 9.17) is 4.74 Å². The van der Waals surface area contributed by atoms with Crippen molar-refractivity contribution in [2.24, 2.45) is 0 Å². The monoisotopic (exact) mass is 255 g/mol. The number of amides is 1. The number of nitrogens with zero attached hydrogens (tertiary/aromatic N) is 1. The molecule has 6 heteroatoms. The Hall–Kier alpha value is -1.33. The van der Waals surface area contributed by atoms with Gasteiger partial charge < -0.3 is 15.4 Å². The Morgan fingerprint density at radius 2 is 2.12 bits per heavy atom. The lowest BCUT2D eigenvalue weighted by Gasteiger charge is -2.41. The third kappa shape index (κ3) is 1.96. The van der Waals surface area contributed by atoms with Gasteiger partial charge in [-0.15, -0.1) is 12.4 Å². The van der Waals surface area contributed by atoms with E-state index in [0.717, 1.165) is 31.5 Å². The topological polar surface area (TPSA) is 63.2 Å². The smallest absolute Gasteiger partial charge is 0.391 e. The van der Waals surface area contributed by atoms with Crippen LogP contribution in [0.3, 0.4) is 0 Å². The standard InChI is InChI=1S/C11H13N3O2.ClH/c15-10-14-11(3-6-12-7-4-11)8-2-1-5-13-9(8)16-10;/h1-2,5,12H,3-4,6-7H2,(H,14,15);1H. The van der Waals surface area contributed by atoms with Crippen molar-refractivity contribution in [2.45, 2.75) is 18.4 Å². The number of rotatable bonds is 0. The van der Waals surface area contributed by atoms with Crippen molar-refractivity contribution in [1.29, 1.82) is 0 Å². The fourth-order valence-electron chi connectivity index (χ4n) is 2.46. The lowest BCUT2D eigenvalue weighted by atomic mass is 9.81. The average Bonchev–Trinajstić information content (AvgIpc) is 2.30. The van der Waals surface area contributed by atoms with Crippen LogP contribution in [0.2, 0.25) is 0 Å². The van der Waals surface area contributed by atoms with Gasteiger partial charge in [0.2, 0.25) is 5.88 Å². The Morgan fingerprint density at radius 1 is 1.35 bits per heavy atom. The van der Waals surface area contributed by atoms with Gasteiger partial charge in [0, 0.05) is 11.8 Å². The summed E-state index contributed by atoms with van der Waals surface area (Å²) in [7, 11) is 0. The molecule has 0 bridgehead atoms. The van der Waals surface area contributed by atoms with E-state index in [1.807, 2.05) is 12.1 Å². The molecule has 2 aliphatic heterocycles. The predicted octanol–water partition coefficient (Wildman–Crippen LogP) is 1.18. The zero-order valence-electron chi connectivity index (χ0n) is 9.23. The zero-order valence-corrected chi connectivity index (χ0v) is 10.0. The van der Waals surface area contributed by atoms with Crippen LogP contribution in [0.25, 0.3) is 0 Å². The summed E-state index contributed by atoms with van der Waals surface area (Å²) in [6.07, 6.45) is 3.00. The lowest BCUT2D eigenvalue weighted by Crippen LogP contribution is -2.55. The van der Waals surface area contributed by atoms with E-state index in [1.54, 1.807) is 6.20 Å². The second kappa shape index (κ2) is 4.50. The van der Waals surface area contributed by atoms with Crippen LogP contribution < -0.4 is 15.4 Å². The minimum atomic E-state index is -0.395. The van der Waals surface area contributed by atoms with Crippen LogP contribution in [-0.4, -0.2) is 24.2 Å². The number of nitrogens with one attached hydrogen (secondary N) is 2. The maximum atomic E-state index is 11.5. The van der Waals surface area contributed by atoms with Gasteiger partial charge in [0.05, 0.1) is 5.54 Å². The second-order valence-electron chi connectivity index (χ2n) is 4.20.